The van der Waals surface area contributed by atoms with Crippen molar-refractivity contribution < 1.29 is 19.3 Å². The molecule has 0 saturated carbocycles. The summed E-state index contributed by atoms with van der Waals surface area (Å²) in [6, 6.07) is 19.2. The van der Waals surface area contributed by atoms with Crippen LogP contribution in [0.5, 0.6) is 0 Å². The second-order valence-electron chi connectivity index (χ2n) is 6.31. The molecule has 1 N–H and O–H groups in total. The minimum Gasteiger partial charge on any atom is -0.388 e. The highest BCUT2D eigenvalue weighted by Gasteiger charge is 2.50. The molecular weight excluding hydrogens is 318 g/mol. The Labute approximate surface area is 146 Å². The van der Waals surface area contributed by atoms with Gasteiger partial charge in [-0.25, -0.2) is 0 Å². The maximum atomic E-state index is 10.8. The van der Waals surface area contributed by atoms with Gasteiger partial charge >= 0.3 is 0 Å². The molecule has 2 aliphatic heterocycles. The monoisotopic (exact) mass is 339 g/mol. The van der Waals surface area contributed by atoms with Crippen LogP contribution in [0.3, 0.4) is 0 Å². The van der Waals surface area contributed by atoms with Gasteiger partial charge in [0.2, 0.25) is 0 Å². The summed E-state index contributed by atoms with van der Waals surface area (Å²) in [6.07, 6.45) is -0.261. The van der Waals surface area contributed by atoms with E-state index in [0.29, 0.717) is 13.2 Å². The second kappa shape index (κ2) is 7.45. The van der Waals surface area contributed by atoms with Crippen molar-refractivity contribution in [3.8, 4) is 0 Å². The van der Waals surface area contributed by atoms with Gasteiger partial charge in [-0.15, -0.1) is 0 Å². The van der Waals surface area contributed by atoms with Crippen LogP contribution in [0.15, 0.2) is 65.7 Å². The fourth-order valence-corrected chi connectivity index (χ4v) is 3.21. The summed E-state index contributed by atoms with van der Waals surface area (Å²) in [5, 5.41) is 10.8. The number of fused-ring (bicyclic) bond motifs is 2. The molecule has 2 bridgehead atoms. The maximum absolute atomic E-state index is 10.8. The molecule has 5 atom stereocenters. The van der Waals surface area contributed by atoms with Crippen LogP contribution < -0.4 is 0 Å². The molecule has 2 fully saturated rings. The molecule has 2 aliphatic rings. The Morgan fingerprint density at radius 2 is 1.80 bits per heavy atom. The normalized spacial score (nSPS) is 31.5. The topological polar surface area (TPSA) is 60.3 Å². The van der Waals surface area contributed by atoms with Crippen molar-refractivity contribution in [3.63, 3.8) is 0 Å². The van der Waals surface area contributed by atoms with E-state index in [0.717, 1.165) is 11.1 Å². The highest BCUT2D eigenvalue weighted by Crippen LogP contribution is 2.32. The van der Waals surface area contributed by atoms with E-state index in [4.69, 9.17) is 14.2 Å². The average Bonchev–Trinajstić information content (AvgIpc) is 3.09. The Balaban J connectivity index is 1.46. The molecular formula is C20H21NO4. The van der Waals surface area contributed by atoms with Crippen molar-refractivity contribution in [2.24, 2.45) is 4.99 Å². The molecule has 2 heterocycles. The third-order valence-corrected chi connectivity index (χ3v) is 4.55. The lowest BCUT2D eigenvalue weighted by Crippen LogP contribution is -2.54. The van der Waals surface area contributed by atoms with Crippen molar-refractivity contribution in [2.75, 3.05) is 6.61 Å². The number of aliphatic hydroxyl groups is 1. The third-order valence-electron chi connectivity index (χ3n) is 4.55. The maximum Gasteiger partial charge on any atom is 0.183 e. The molecule has 5 heteroatoms. The largest absolute Gasteiger partial charge is 0.388 e. The number of rotatable bonds is 5. The first kappa shape index (κ1) is 16.4. The van der Waals surface area contributed by atoms with Gasteiger partial charge in [-0.2, -0.15) is 0 Å². The van der Waals surface area contributed by atoms with E-state index in [1.54, 1.807) is 6.21 Å². The minimum atomic E-state index is -0.769. The highest BCUT2D eigenvalue weighted by molar-refractivity contribution is 5.79. The van der Waals surface area contributed by atoms with Crippen LogP contribution in [0.4, 0.5) is 0 Å². The summed E-state index contributed by atoms with van der Waals surface area (Å²) in [6.45, 7) is 0.834. The Kier molecular flexibility index (Phi) is 4.90. The standard InChI is InChI=1S/C20H21NO4/c22-18-17(21-11-14-7-3-1-4-8-14)20-24-13-16(25-20)19(18)23-12-15-9-5-2-6-10-15/h1-11,16-20,22H,12-13H2/t16-,17-,18-,19-,20-/m1/s1. The first-order chi connectivity index (χ1) is 12.3. The fraction of sp³-hybridized carbons (Fsp3) is 0.350. The summed E-state index contributed by atoms with van der Waals surface area (Å²) < 4.78 is 17.5. The van der Waals surface area contributed by atoms with Crippen molar-refractivity contribution in [3.05, 3.63) is 71.8 Å². The predicted molar refractivity (Wildman–Crippen MR) is 93.5 cm³/mol. The van der Waals surface area contributed by atoms with Gasteiger partial charge in [0.05, 0.1) is 13.2 Å². The van der Waals surface area contributed by atoms with Gasteiger partial charge in [-0.3, -0.25) is 4.99 Å². The van der Waals surface area contributed by atoms with E-state index >= 15 is 0 Å². The molecule has 0 spiro atoms. The first-order valence-corrected chi connectivity index (χ1v) is 8.50. The molecule has 0 amide bonds. The van der Waals surface area contributed by atoms with Crippen LogP contribution in [0, 0.1) is 0 Å². The Bertz CT molecular complexity index is 706. The summed E-state index contributed by atoms with van der Waals surface area (Å²) in [7, 11) is 0. The van der Waals surface area contributed by atoms with E-state index in [-0.39, 0.29) is 6.10 Å². The van der Waals surface area contributed by atoms with Gasteiger partial charge in [0.1, 0.15) is 24.4 Å². The summed E-state index contributed by atoms with van der Waals surface area (Å²) in [5.74, 6) is 0. The van der Waals surface area contributed by atoms with Crippen molar-refractivity contribution in [1.29, 1.82) is 0 Å². The van der Waals surface area contributed by atoms with E-state index in [1.807, 2.05) is 60.7 Å². The second-order valence-corrected chi connectivity index (χ2v) is 6.31. The zero-order chi connectivity index (χ0) is 17.1. The molecule has 5 nitrogen and oxygen atoms in total. The van der Waals surface area contributed by atoms with Gasteiger partial charge < -0.3 is 19.3 Å². The smallest absolute Gasteiger partial charge is 0.183 e. The third kappa shape index (κ3) is 3.65. The molecule has 0 aromatic heterocycles. The van der Waals surface area contributed by atoms with Gasteiger partial charge in [0.25, 0.3) is 0 Å². The van der Waals surface area contributed by atoms with Crippen LogP contribution in [-0.2, 0) is 20.8 Å². The molecule has 0 radical (unpaired) electrons. The molecule has 130 valence electrons. The predicted octanol–water partition coefficient (Wildman–Crippen LogP) is 2.18. The summed E-state index contributed by atoms with van der Waals surface area (Å²) in [5.41, 5.74) is 2.02. The minimum absolute atomic E-state index is 0.258. The van der Waals surface area contributed by atoms with Gasteiger partial charge in [0.15, 0.2) is 6.29 Å². The SMILES string of the molecule is O[C@@H]1[C@@H](N=Cc2ccccc2)[C@@H]2OC[C@@H](O2)[C@H]1OCc1ccccc1. The van der Waals surface area contributed by atoms with Crippen LogP contribution in [0.1, 0.15) is 11.1 Å². The molecule has 2 saturated heterocycles. The van der Waals surface area contributed by atoms with Crippen LogP contribution in [0.25, 0.3) is 0 Å². The lowest BCUT2D eigenvalue weighted by atomic mass is 9.99. The number of hydrogen-bond acceptors (Lipinski definition) is 5. The van der Waals surface area contributed by atoms with Crippen LogP contribution in [0.2, 0.25) is 0 Å². The molecule has 2 aromatic carbocycles. The molecule has 2 aromatic rings. The number of hydrogen-bond donors (Lipinski definition) is 1. The molecule has 25 heavy (non-hydrogen) atoms. The molecule has 0 unspecified atom stereocenters. The van der Waals surface area contributed by atoms with E-state index < -0.39 is 24.5 Å². The Morgan fingerprint density at radius 3 is 2.56 bits per heavy atom. The lowest BCUT2D eigenvalue weighted by molar-refractivity contribution is -0.195. The number of ether oxygens (including phenoxy) is 3. The number of aliphatic hydroxyl groups excluding tert-OH is 1. The zero-order valence-electron chi connectivity index (χ0n) is 13.8. The fourth-order valence-electron chi connectivity index (χ4n) is 3.21. The van der Waals surface area contributed by atoms with Crippen molar-refractivity contribution in [1.82, 2.24) is 0 Å². The summed E-state index contributed by atoms with van der Waals surface area (Å²) >= 11 is 0. The Hall–Kier alpha value is -2.05. The van der Waals surface area contributed by atoms with Gasteiger partial charge in [0, 0.05) is 6.21 Å². The van der Waals surface area contributed by atoms with Gasteiger partial charge in [-0.1, -0.05) is 60.7 Å². The lowest BCUT2D eigenvalue weighted by Gasteiger charge is -2.36. The van der Waals surface area contributed by atoms with Crippen LogP contribution in [-0.4, -0.2) is 48.6 Å². The van der Waals surface area contributed by atoms with E-state index in [9.17, 15) is 5.11 Å². The first-order valence-electron chi connectivity index (χ1n) is 8.50. The Morgan fingerprint density at radius 1 is 1.08 bits per heavy atom. The molecule has 4 rings (SSSR count). The van der Waals surface area contributed by atoms with Crippen LogP contribution >= 0.6 is 0 Å². The quantitative estimate of drug-likeness (QED) is 0.848. The number of benzene rings is 2. The number of nitrogens with zero attached hydrogens (tertiary/aromatic N) is 1. The number of aliphatic imine (C=N–C) groups is 1. The summed E-state index contributed by atoms with van der Waals surface area (Å²) in [4.78, 5) is 4.51. The average molecular weight is 339 g/mol. The highest BCUT2D eigenvalue weighted by atomic mass is 16.7. The van der Waals surface area contributed by atoms with E-state index in [2.05, 4.69) is 4.99 Å². The van der Waals surface area contributed by atoms with Gasteiger partial charge in [-0.05, 0) is 11.1 Å². The zero-order valence-corrected chi connectivity index (χ0v) is 13.8. The molecule has 0 aliphatic carbocycles. The van der Waals surface area contributed by atoms with Crippen molar-refractivity contribution in [2.45, 2.75) is 37.3 Å². The van der Waals surface area contributed by atoms with Crippen molar-refractivity contribution >= 4 is 6.21 Å². The van der Waals surface area contributed by atoms with E-state index in [1.165, 1.54) is 0 Å².